The van der Waals surface area contributed by atoms with Crippen molar-refractivity contribution in [3.05, 3.63) is 28.7 Å². The summed E-state index contributed by atoms with van der Waals surface area (Å²) in [4.78, 5) is 0. The molecule has 0 saturated carbocycles. The Kier molecular flexibility index (Phi) is 3.17. The Hall–Kier alpha value is -0.150. The van der Waals surface area contributed by atoms with Crippen molar-refractivity contribution in [3.63, 3.8) is 0 Å². The summed E-state index contributed by atoms with van der Waals surface area (Å²) >= 11 is 3.38. The second kappa shape index (κ2) is 4.38. The van der Waals surface area contributed by atoms with Crippen molar-refractivity contribution in [2.24, 2.45) is 0 Å². The first kappa shape index (κ1) is 9.41. The second-order valence-electron chi connectivity index (χ2n) is 2.41. The molecule has 0 spiro atoms. The SMILES string of the molecule is Brc1ccccc1OP1OCCO1. The Morgan fingerprint density at radius 2 is 1.92 bits per heavy atom. The summed E-state index contributed by atoms with van der Waals surface area (Å²) < 4.78 is 16.8. The van der Waals surface area contributed by atoms with E-state index >= 15 is 0 Å². The molecule has 0 aromatic heterocycles. The number of benzene rings is 1. The van der Waals surface area contributed by atoms with E-state index in [9.17, 15) is 0 Å². The number of hydrogen-bond donors (Lipinski definition) is 0. The Morgan fingerprint density at radius 1 is 1.23 bits per heavy atom. The summed E-state index contributed by atoms with van der Waals surface area (Å²) in [5, 5.41) is 0. The van der Waals surface area contributed by atoms with Crippen LogP contribution < -0.4 is 4.52 Å². The molecular weight excluding hydrogens is 255 g/mol. The third kappa shape index (κ3) is 2.41. The zero-order chi connectivity index (χ0) is 9.10. The summed E-state index contributed by atoms with van der Waals surface area (Å²) in [6.45, 7) is 1.24. The highest BCUT2D eigenvalue weighted by molar-refractivity contribution is 9.10. The zero-order valence-electron chi connectivity index (χ0n) is 6.77. The van der Waals surface area contributed by atoms with Gasteiger partial charge in [0.05, 0.1) is 17.7 Å². The van der Waals surface area contributed by atoms with Crippen molar-refractivity contribution in [3.8, 4) is 5.75 Å². The smallest absolute Gasteiger partial charge is 0.397 e. The lowest BCUT2D eigenvalue weighted by molar-refractivity contribution is 0.353. The number of hydrogen-bond acceptors (Lipinski definition) is 3. The van der Waals surface area contributed by atoms with Crippen LogP contribution >= 0.6 is 24.5 Å². The van der Waals surface area contributed by atoms with Gasteiger partial charge < -0.3 is 13.6 Å². The molecule has 2 rings (SSSR count). The maximum absolute atomic E-state index is 5.48. The van der Waals surface area contributed by atoms with Gasteiger partial charge in [-0.2, -0.15) is 0 Å². The zero-order valence-corrected chi connectivity index (χ0v) is 9.25. The van der Waals surface area contributed by atoms with Crippen LogP contribution in [-0.4, -0.2) is 13.2 Å². The van der Waals surface area contributed by atoms with Gasteiger partial charge in [-0.3, -0.25) is 0 Å². The molecule has 3 nitrogen and oxygen atoms in total. The van der Waals surface area contributed by atoms with Crippen LogP contribution in [0.15, 0.2) is 28.7 Å². The summed E-state index contributed by atoms with van der Waals surface area (Å²) in [5.41, 5.74) is 0. The molecule has 1 aromatic rings. The van der Waals surface area contributed by atoms with Crippen molar-refractivity contribution in [2.45, 2.75) is 0 Å². The van der Waals surface area contributed by atoms with Crippen LogP contribution in [0.2, 0.25) is 0 Å². The second-order valence-corrected chi connectivity index (χ2v) is 4.41. The van der Waals surface area contributed by atoms with E-state index in [0.29, 0.717) is 13.2 Å². The minimum atomic E-state index is -1.17. The van der Waals surface area contributed by atoms with Crippen LogP contribution in [0.5, 0.6) is 5.75 Å². The maximum Gasteiger partial charge on any atom is 0.397 e. The predicted octanol–water partition coefficient (Wildman–Crippen LogP) is 3.10. The lowest BCUT2D eigenvalue weighted by atomic mass is 10.3. The van der Waals surface area contributed by atoms with Gasteiger partial charge in [-0.05, 0) is 28.1 Å². The van der Waals surface area contributed by atoms with Crippen molar-refractivity contribution in [1.82, 2.24) is 0 Å². The first-order valence-electron chi connectivity index (χ1n) is 3.85. The van der Waals surface area contributed by atoms with Crippen LogP contribution in [0.4, 0.5) is 0 Å². The van der Waals surface area contributed by atoms with Crippen LogP contribution in [0.25, 0.3) is 0 Å². The van der Waals surface area contributed by atoms with Crippen LogP contribution in [-0.2, 0) is 9.05 Å². The minimum absolute atomic E-state index is 0.621. The Bertz CT molecular complexity index is 288. The fourth-order valence-electron chi connectivity index (χ4n) is 0.913. The van der Waals surface area contributed by atoms with Crippen LogP contribution in [0, 0.1) is 0 Å². The predicted molar refractivity (Wildman–Crippen MR) is 53.6 cm³/mol. The number of rotatable bonds is 2. The molecule has 0 unspecified atom stereocenters. The molecule has 13 heavy (non-hydrogen) atoms. The molecule has 0 bridgehead atoms. The van der Waals surface area contributed by atoms with Gasteiger partial charge in [0.2, 0.25) is 0 Å². The van der Waals surface area contributed by atoms with E-state index in [2.05, 4.69) is 15.9 Å². The van der Waals surface area contributed by atoms with Gasteiger partial charge in [0, 0.05) is 0 Å². The quantitative estimate of drug-likeness (QED) is 0.767. The first-order valence-corrected chi connectivity index (χ1v) is 5.73. The number of para-hydroxylation sites is 1. The molecule has 0 atom stereocenters. The molecule has 0 radical (unpaired) electrons. The van der Waals surface area contributed by atoms with Crippen molar-refractivity contribution in [1.29, 1.82) is 0 Å². The highest BCUT2D eigenvalue weighted by atomic mass is 79.9. The van der Waals surface area contributed by atoms with Gasteiger partial charge in [-0.25, -0.2) is 0 Å². The van der Waals surface area contributed by atoms with Gasteiger partial charge in [0.1, 0.15) is 5.75 Å². The fourth-order valence-corrected chi connectivity index (χ4v) is 2.35. The average Bonchev–Trinajstić information content (AvgIpc) is 2.61. The minimum Gasteiger partial charge on any atom is -0.426 e. The normalized spacial score (nSPS) is 17.6. The van der Waals surface area contributed by atoms with Gasteiger partial charge in [-0.1, -0.05) is 12.1 Å². The highest BCUT2D eigenvalue weighted by Gasteiger charge is 2.21. The van der Waals surface area contributed by atoms with E-state index < -0.39 is 8.60 Å². The third-order valence-corrected chi connectivity index (χ3v) is 3.27. The topological polar surface area (TPSA) is 27.7 Å². The standard InChI is InChI=1S/C8H8BrO3P/c9-7-3-1-2-4-8(7)12-13-10-5-6-11-13/h1-4H,5-6H2. The van der Waals surface area contributed by atoms with E-state index in [4.69, 9.17) is 13.6 Å². The monoisotopic (exact) mass is 262 g/mol. The highest BCUT2D eigenvalue weighted by Crippen LogP contribution is 2.45. The molecule has 1 aliphatic heterocycles. The Labute approximate surface area is 86.1 Å². The molecular formula is C8H8BrO3P. The molecule has 1 aliphatic rings. The molecule has 1 aromatic carbocycles. The molecule has 0 aliphatic carbocycles. The van der Waals surface area contributed by atoms with E-state index in [1.165, 1.54) is 0 Å². The largest absolute Gasteiger partial charge is 0.426 e. The average molecular weight is 263 g/mol. The molecule has 1 saturated heterocycles. The van der Waals surface area contributed by atoms with Gasteiger partial charge >= 0.3 is 8.60 Å². The van der Waals surface area contributed by atoms with E-state index in [1.807, 2.05) is 24.3 Å². The summed E-state index contributed by atoms with van der Waals surface area (Å²) in [6.07, 6.45) is 0. The lowest BCUT2D eigenvalue weighted by Gasteiger charge is -2.09. The number of halogens is 1. The molecule has 1 heterocycles. The van der Waals surface area contributed by atoms with E-state index in [1.54, 1.807) is 0 Å². The van der Waals surface area contributed by atoms with Crippen LogP contribution in [0.1, 0.15) is 0 Å². The Balaban J connectivity index is 2.04. The third-order valence-electron chi connectivity index (χ3n) is 1.49. The van der Waals surface area contributed by atoms with E-state index in [-0.39, 0.29) is 0 Å². The molecule has 70 valence electrons. The first-order chi connectivity index (χ1) is 6.36. The van der Waals surface area contributed by atoms with E-state index in [0.717, 1.165) is 10.2 Å². The van der Waals surface area contributed by atoms with Gasteiger partial charge in [-0.15, -0.1) is 0 Å². The van der Waals surface area contributed by atoms with Gasteiger partial charge in [0.15, 0.2) is 0 Å². The maximum atomic E-state index is 5.48. The molecule has 0 amide bonds. The molecule has 5 heteroatoms. The summed E-state index contributed by atoms with van der Waals surface area (Å²) in [6, 6.07) is 7.63. The summed E-state index contributed by atoms with van der Waals surface area (Å²) in [7, 11) is -1.17. The van der Waals surface area contributed by atoms with Crippen LogP contribution in [0.3, 0.4) is 0 Å². The van der Waals surface area contributed by atoms with Crippen molar-refractivity contribution < 1.29 is 13.6 Å². The fraction of sp³-hybridized carbons (Fsp3) is 0.250. The molecule has 0 N–H and O–H groups in total. The summed E-state index contributed by atoms with van der Waals surface area (Å²) in [5.74, 6) is 0.760. The van der Waals surface area contributed by atoms with Crippen molar-refractivity contribution >= 4 is 24.5 Å². The molecule has 1 fully saturated rings. The Morgan fingerprint density at radius 3 is 2.62 bits per heavy atom. The lowest BCUT2D eigenvalue weighted by Crippen LogP contribution is -1.87. The van der Waals surface area contributed by atoms with Crippen molar-refractivity contribution in [2.75, 3.05) is 13.2 Å². The van der Waals surface area contributed by atoms with Gasteiger partial charge in [0.25, 0.3) is 0 Å².